The van der Waals surface area contributed by atoms with Crippen molar-refractivity contribution in [1.82, 2.24) is 4.72 Å². The van der Waals surface area contributed by atoms with Gasteiger partial charge in [-0.15, -0.1) is 0 Å². The molecule has 1 saturated carbocycles. The fraction of sp³-hybridized carbons (Fsp3) is 0.600. The monoisotopic (exact) mass is 724 g/mol. The highest BCUT2D eigenvalue weighted by atomic mass is 35.5. The van der Waals surface area contributed by atoms with Gasteiger partial charge in [-0.05, 0) is 130 Å². The standard InChI is InChI=1S/C40H53ClN2O6S/c1-3-32-10-4-5-11-36(46-21-22-48-38-12-6-7-20-47-38)33-16-13-30(33)25-43-26-40(19-8-9-28-23-31(41)15-17-34(28)40)27-49-37-18-14-29(24-35(37)43)39(44)42-50(32,2)45/h5,11,14-15,17-18,23-24,30,32-33,36,38H,2-4,6-10,12-13,16,19-22,25-27H2,1H3,(H,42,44,45)/b11-5+/t30-,32+,33+,36-,38+,40-,50?/m0/s1. The van der Waals surface area contributed by atoms with Crippen molar-refractivity contribution in [3.8, 4) is 5.75 Å². The number of halogens is 1. The maximum Gasteiger partial charge on any atom is 0.262 e. The molecule has 2 bridgehead atoms. The van der Waals surface area contributed by atoms with E-state index in [1.165, 1.54) is 11.1 Å². The fourth-order valence-electron chi connectivity index (χ4n) is 8.80. The summed E-state index contributed by atoms with van der Waals surface area (Å²) in [5.41, 5.74) is 3.76. The number of aryl methyl sites for hydroxylation is 1. The minimum atomic E-state index is -2.90. The quantitative estimate of drug-likeness (QED) is 0.191. The zero-order chi connectivity index (χ0) is 34.7. The molecule has 10 heteroatoms. The Hall–Kier alpha value is -2.56. The van der Waals surface area contributed by atoms with E-state index in [0.717, 1.165) is 93.9 Å². The maximum atomic E-state index is 13.9. The number of ether oxygens (including phenoxy) is 4. The van der Waals surface area contributed by atoms with Gasteiger partial charge in [0.1, 0.15) is 5.75 Å². The van der Waals surface area contributed by atoms with E-state index in [4.69, 9.17) is 30.5 Å². The van der Waals surface area contributed by atoms with E-state index in [1.807, 2.05) is 25.1 Å². The minimum absolute atomic E-state index is 0.0537. The summed E-state index contributed by atoms with van der Waals surface area (Å²) in [5.74, 6) is 5.20. The molecular weight excluding hydrogens is 672 g/mol. The van der Waals surface area contributed by atoms with Gasteiger partial charge in [-0.1, -0.05) is 36.7 Å². The Balaban J connectivity index is 1.20. The Bertz CT molecular complexity index is 1660. The zero-order valence-corrected chi connectivity index (χ0v) is 31.0. The second-order valence-corrected chi connectivity index (χ2v) is 17.7. The summed E-state index contributed by atoms with van der Waals surface area (Å²) in [7, 11) is -2.90. The average molecular weight is 725 g/mol. The zero-order valence-electron chi connectivity index (χ0n) is 29.4. The third-order valence-electron chi connectivity index (χ3n) is 11.7. The molecule has 1 spiro atoms. The van der Waals surface area contributed by atoms with Gasteiger partial charge in [0.15, 0.2) is 6.29 Å². The van der Waals surface area contributed by atoms with Crippen LogP contribution in [-0.4, -0.2) is 73.1 Å². The normalized spacial score (nSPS) is 33.6. The molecule has 3 heterocycles. The van der Waals surface area contributed by atoms with Crippen molar-refractivity contribution >= 4 is 38.8 Å². The molecule has 2 aliphatic carbocycles. The number of carbonyl (C=O) groups excluding carboxylic acids is 1. The van der Waals surface area contributed by atoms with Gasteiger partial charge in [0.05, 0.1) is 41.3 Å². The smallest absolute Gasteiger partial charge is 0.262 e. The van der Waals surface area contributed by atoms with E-state index in [9.17, 15) is 9.00 Å². The van der Waals surface area contributed by atoms with Gasteiger partial charge in [-0.2, -0.15) is 0 Å². The number of nitrogens with zero attached hydrogens (tertiary/aromatic N) is 1. The van der Waals surface area contributed by atoms with Crippen LogP contribution in [0.3, 0.4) is 0 Å². The van der Waals surface area contributed by atoms with Crippen molar-refractivity contribution in [3.63, 3.8) is 0 Å². The first-order valence-electron chi connectivity index (χ1n) is 18.7. The number of allylic oxidation sites excluding steroid dienone is 1. The highest BCUT2D eigenvalue weighted by Gasteiger charge is 2.44. The van der Waals surface area contributed by atoms with E-state index in [-0.39, 0.29) is 29.0 Å². The van der Waals surface area contributed by atoms with Crippen LogP contribution in [0.15, 0.2) is 48.6 Å². The van der Waals surface area contributed by atoms with Gasteiger partial charge in [0, 0.05) is 40.9 Å². The molecule has 8 nitrogen and oxygen atoms in total. The minimum Gasteiger partial charge on any atom is -0.490 e. The summed E-state index contributed by atoms with van der Waals surface area (Å²) in [5, 5.41) is 0.517. The fourth-order valence-corrected chi connectivity index (χ4v) is 10.6. The number of hydrogen-bond donors (Lipinski definition) is 1. The Morgan fingerprint density at radius 1 is 1.08 bits per heavy atom. The van der Waals surface area contributed by atoms with Crippen LogP contribution in [-0.2, 0) is 35.8 Å². The van der Waals surface area contributed by atoms with E-state index >= 15 is 0 Å². The number of anilines is 1. The van der Waals surface area contributed by atoms with Crippen LogP contribution in [0.5, 0.6) is 5.75 Å². The van der Waals surface area contributed by atoms with Crippen molar-refractivity contribution in [3.05, 3.63) is 70.3 Å². The molecule has 272 valence electrons. The summed E-state index contributed by atoms with van der Waals surface area (Å²) in [4.78, 5) is 16.2. The van der Waals surface area contributed by atoms with Crippen LogP contribution < -0.4 is 14.4 Å². The molecule has 0 aromatic heterocycles. The van der Waals surface area contributed by atoms with Crippen LogP contribution in [0.25, 0.3) is 0 Å². The second-order valence-electron chi connectivity index (χ2n) is 15.0. The summed E-state index contributed by atoms with van der Waals surface area (Å²) < 4.78 is 41.8. The van der Waals surface area contributed by atoms with Crippen LogP contribution in [0.4, 0.5) is 5.69 Å². The number of nitrogens with one attached hydrogen (secondary N) is 1. The van der Waals surface area contributed by atoms with Crippen LogP contribution in [0, 0.1) is 11.8 Å². The maximum absolute atomic E-state index is 13.9. The molecule has 5 aliphatic rings. The number of fused-ring (bicyclic) bond motifs is 4. The molecule has 1 unspecified atom stereocenters. The summed E-state index contributed by atoms with van der Waals surface area (Å²) in [6.45, 7) is 5.91. The number of rotatable bonds is 6. The van der Waals surface area contributed by atoms with Gasteiger partial charge in [0.2, 0.25) is 0 Å². The van der Waals surface area contributed by atoms with E-state index < -0.39 is 9.71 Å². The number of benzene rings is 2. The van der Waals surface area contributed by atoms with E-state index in [1.54, 1.807) is 6.07 Å². The van der Waals surface area contributed by atoms with Crippen LogP contribution in [0.1, 0.15) is 92.6 Å². The predicted molar refractivity (Wildman–Crippen MR) is 201 cm³/mol. The summed E-state index contributed by atoms with van der Waals surface area (Å²) in [6, 6.07) is 12.0. The Kier molecular flexibility index (Phi) is 11.2. The molecule has 1 saturated heterocycles. The summed E-state index contributed by atoms with van der Waals surface area (Å²) in [6.07, 6.45) is 14.7. The van der Waals surface area contributed by atoms with Crippen molar-refractivity contribution in [2.24, 2.45) is 11.8 Å². The van der Waals surface area contributed by atoms with Gasteiger partial charge in [-0.3, -0.25) is 9.52 Å². The largest absolute Gasteiger partial charge is 0.490 e. The van der Waals surface area contributed by atoms with Crippen molar-refractivity contribution in [2.75, 3.05) is 44.4 Å². The summed E-state index contributed by atoms with van der Waals surface area (Å²) >= 11 is 6.48. The lowest BCUT2D eigenvalue weighted by molar-refractivity contribution is -0.172. The first kappa shape index (κ1) is 35.8. The van der Waals surface area contributed by atoms with Crippen LogP contribution in [0.2, 0.25) is 5.02 Å². The van der Waals surface area contributed by atoms with Gasteiger partial charge >= 0.3 is 0 Å². The first-order chi connectivity index (χ1) is 24.2. The molecule has 7 rings (SSSR count). The third-order valence-corrected chi connectivity index (χ3v) is 14.1. The molecule has 3 aliphatic heterocycles. The Morgan fingerprint density at radius 2 is 1.96 bits per heavy atom. The Morgan fingerprint density at radius 3 is 2.76 bits per heavy atom. The first-order valence-corrected chi connectivity index (χ1v) is 20.9. The molecule has 50 heavy (non-hydrogen) atoms. The van der Waals surface area contributed by atoms with E-state index in [2.05, 4.69) is 39.8 Å². The molecule has 2 aromatic rings. The molecule has 2 fully saturated rings. The van der Waals surface area contributed by atoms with E-state index in [0.29, 0.717) is 50.1 Å². The third kappa shape index (κ3) is 7.77. The van der Waals surface area contributed by atoms with Gasteiger partial charge < -0.3 is 23.8 Å². The topological polar surface area (TPSA) is 86.3 Å². The Labute approximate surface area is 303 Å². The van der Waals surface area contributed by atoms with Crippen molar-refractivity contribution < 1.29 is 28.0 Å². The molecule has 2 aromatic carbocycles. The lowest BCUT2D eigenvalue weighted by Crippen LogP contribution is -2.49. The van der Waals surface area contributed by atoms with Crippen molar-refractivity contribution in [2.45, 2.75) is 101 Å². The van der Waals surface area contributed by atoms with Gasteiger partial charge in [0.25, 0.3) is 5.91 Å². The molecule has 1 N–H and O–H groups in total. The lowest BCUT2D eigenvalue weighted by atomic mass is 9.68. The number of carbonyl (C=O) groups is 1. The highest BCUT2D eigenvalue weighted by molar-refractivity contribution is 7.99. The van der Waals surface area contributed by atoms with Gasteiger partial charge in [-0.25, -0.2) is 4.21 Å². The molecule has 1 amide bonds. The number of hydrogen-bond acceptors (Lipinski definition) is 7. The molecule has 0 radical (unpaired) electrons. The van der Waals surface area contributed by atoms with Crippen molar-refractivity contribution in [1.29, 1.82) is 0 Å². The second kappa shape index (κ2) is 15.6. The molecular formula is C40H53ClN2O6S. The lowest BCUT2D eigenvalue weighted by Gasteiger charge is -2.46. The molecule has 7 atom stereocenters. The van der Waals surface area contributed by atoms with Crippen LogP contribution >= 0.6 is 11.6 Å². The highest BCUT2D eigenvalue weighted by Crippen LogP contribution is 2.47. The predicted octanol–water partition coefficient (Wildman–Crippen LogP) is 7.26. The SMILES string of the molecule is C=S1(=O)NC(=O)c2ccc3c(c2)N(C[C@@H]2CC[C@H]2[C@@H](OCCO[C@@H]2CCCCO2)/C=C/CC[C@H]1CC)C[C@@]1(CCCc2cc(Cl)ccc21)CO3. The average Bonchev–Trinajstić information content (AvgIpc) is 3.24. The number of amides is 1.